The van der Waals surface area contributed by atoms with Crippen LogP contribution in [0, 0.1) is 0 Å². The van der Waals surface area contributed by atoms with Crippen molar-refractivity contribution in [3.05, 3.63) is 93.7 Å². The summed E-state index contributed by atoms with van der Waals surface area (Å²) in [6, 6.07) is 19.2. The zero-order chi connectivity index (χ0) is 22.5. The molecule has 0 saturated carbocycles. The van der Waals surface area contributed by atoms with Gasteiger partial charge in [-0.25, -0.2) is 0 Å². The van der Waals surface area contributed by atoms with E-state index in [0.717, 1.165) is 29.8 Å². The fraction of sp³-hybridized carbons (Fsp3) is 0.320. The smallest absolute Gasteiger partial charge is 0.227 e. The number of aliphatic hydroxyl groups is 1. The second kappa shape index (κ2) is 10.5. The summed E-state index contributed by atoms with van der Waals surface area (Å²) in [5.74, 6) is 0.00610. The minimum Gasteiger partial charge on any atom is -0.392 e. The van der Waals surface area contributed by atoms with Crippen molar-refractivity contribution >= 4 is 29.1 Å². The maximum atomic E-state index is 13.7. The van der Waals surface area contributed by atoms with Gasteiger partial charge in [-0.15, -0.1) is 0 Å². The molecule has 2 unspecified atom stereocenters. The van der Waals surface area contributed by atoms with Gasteiger partial charge in [0.1, 0.15) is 0 Å². The second-order valence-electron chi connectivity index (χ2n) is 8.27. The normalized spacial score (nSPS) is 17.4. The molecular formula is C25H27Cl2N3O2. The molecule has 1 amide bonds. The highest BCUT2D eigenvalue weighted by Gasteiger charge is 2.30. The van der Waals surface area contributed by atoms with Crippen LogP contribution >= 0.6 is 23.2 Å². The molecule has 0 bridgehead atoms. The average Bonchev–Trinajstić information content (AvgIpc) is 3.45. The van der Waals surface area contributed by atoms with E-state index in [2.05, 4.69) is 22.0 Å². The van der Waals surface area contributed by atoms with Gasteiger partial charge >= 0.3 is 0 Å². The monoisotopic (exact) mass is 471 g/mol. The predicted molar refractivity (Wildman–Crippen MR) is 128 cm³/mol. The molecule has 2 N–H and O–H groups in total. The Morgan fingerprint density at radius 3 is 2.59 bits per heavy atom. The molecule has 2 aromatic carbocycles. The van der Waals surface area contributed by atoms with Crippen LogP contribution in [0.1, 0.15) is 29.3 Å². The number of aromatic nitrogens is 1. The van der Waals surface area contributed by atoms with E-state index in [1.807, 2.05) is 47.5 Å². The van der Waals surface area contributed by atoms with Gasteiger partial charge in [-0.2, -0.15) is 0 Å². The summed E-state index contributed by atoms with van der Waals surface area (Å²) in [6.45, 7) is 2.57. The molecule has 0 spiro atoms. The van der Waals surface area contributed by atoms with Crippen LogP contribution in [0.15, 0.2) is 66.9 Å². The quantitative estimate of drug-likeness (QED) is 0.500. The van der Waals surface area contributed by atoms with Gasteiger partial charge < -0.3 is 15.0 Å². The minimum absolute atomic E-state index is 0.00610. The van der Waals surface area contributed by atoms with Crippen molar-refractivity contribution < 1.29 is 9.90 Å². The molecule has 2 atom stereocenters. The number of amides is 1. The van der Waals surface area contributed by atoms with Crippen LogP contribution in [0.3, 0.4) is 0 Å². The first kappa shape index (κ1) is 22.9. The standard InChI is InChI=1S/C25H27Cl2N3O2/c26-22-9-8-18(13-23(22)27)14-25(32)30(15-20-7-4-11-28-20)24(19-5-2-1-3-6-19)17-29-12-10-21(31)16-29/h1-9,11,13,21,24,28,31H,10,12,14-17H2. The van der Waals surface area contributed by atoms with Crippen LogP contribution in [0.2, 0.25) is 10.0 Å². The van der Waals surface area contributed by atoms with Crippen LogP contribution in [0.25, 0.3) is 0 Å². The van der Waals surface area contributed by atoms with E-state index in [4.69, 9.17) is 23.2 Å². The molecule has 3 aromatic rings. The van der Waals surface area contributed by atoms with E-state index < -0.39 is 0 Å². The molecule has 1 aliphatic heterocycles. The summed E-state index contributed by atoms with van der Waals surface area (Å²) in [6.07, 6.45) is 2.54. The number of aliphatic hydroxyl groups excluding tert-OH is 1. The lowest BCUT2D eigenvalue weighted by molar-refractivity contribution is -0.134. The molecule has 1 aliphatic rings. The molecule has 4 rings (SSSR count). The first-order valence-electron chi connectivity index (χ1n) is 10.8. The fourth-order valence-electron chi connectivity index (χ4n) is 4.23. The molecule has 0 aliphatic carbocycles. The van der Waals surface area contributed by atoms with Gasteiger partial charge in [0.25, 0.3) is 0 Å². The Bertz CT molecular complexity index is 1030. The predicted octanol–water partition coefficient (Wildman–Crippen LogP) is 4.70. The van der Waals surface area contributed by atoms with Crippen molar-refractivity contribution in [3.8, 4) is 0 Å². The number of nitrogens with zero attached hydrogens (tertiary/aromatic N) is 2. The van der Waals surface area contributed by atoms with Gasteiger partial charge in [0.05, 0.1) is 35.2 Å². The Morgan fingerprint density at radius 2 is 1.94 bits per heavy atom. The Balaban J connectivity index is 1.64. The highest BCUT2D eigenvalue weighted by molar-refractivity contribution is 6.42. The largest absolute Gasteiger partial charge is 0.392 e. The van der Waals surface area contributed by atoms with Crippen molar-refractivity contribution in [2.75, 3.05) is 19.6 Å². The summed E-state index contributed by atoms with van der Waals surface area (Å²) >= 11 is 12.2. The number of H-pyrrole nitrogens is 1. The molecule has 7 heteroatoms. The minimum atomic E-state index is -0.310. The van der Waals surface area contributed by atoms with Gasteiger partial charge in [-0.05, 0) is 41.8 Å². The Hall–Kier alpha value is -2.31. The van der Waals surface area contributed by atoms with Gasteiger partial charge in [-0.1, -0.05) is 59.6 Å². The first-order valence-corrected chi connectivity index (χ1v) is 11.6. The van der Waals surface area contributed by atoms with Crippen molar-refractivity contribution in [3.63, 3.8) is 0 Å². The maximum absolute atomic E-state index is 13.7. The van der Waals surface area contributed by atoms with E-state index in [9.17, 15) is 9.90 Å². The number of β-amino-alcohol motifs (C(OH)–C–C–N with tert-alkyl or cyclic N) is 1. The van der Waals surface area contributed by atoms with E-state index in [1.54, 1.807) is 12.1 Å². The van der Waals surface area contributed by atoms with Crippen LogP contribution in [-0.4, -0.2) is 51.5 Å². The van der Waals surface area contributed by atoms with Crippen LogP contribution < -0.4 is 0 Å². The van der Waals surface area contributed by atoms with Crippen molar-refractivity contribution in [1.29, 1.82) is 0 Å². The summed E-state index contributed by atoms with van der Waals surface area (Å²) in [5, 5.41) is 10.9. The topological polar surface area (TPSA) is 59.6 Å². The molecule has 1 saturated heterocycles. The number of likely N-dealkylation sites (tertiary alicyclic amines) is 1. The number of rotatable bonds is 8. The van der Waals surface area contributed by atoms with Crippen LogP contribution in [0.4, 0.5) is 0 Å². The highest BCUT2D eigenvalue weighted by atomic mass is 35.5. The Labute approximate surface area is 198 Å². The number of aromatic amines is 1. The molecule has 2 heterocycles. The molecule has 168 valence electrons. The number of carbonyl (C=O) groups is 1. The third-order valence-corrected chi connectivity index (χ3v) is 6.64. The van der Waals surface area contributed by atoms with E-state index in [-0.39, 0.29) is 24.5 Å². The lowest BCUT2D eigenvalue weighted by Gasteiger charge is -2.35. The first-order chi connectivity index (χ1) is 15.5. The van der Waals surface area contributed by atoms with Crippen LogP contribution in [-0.2, 0) is 17.8 Å². The Kier molecular flexibility index (Phi) is 7.53. The second-order valence-corrected chi connectivity index (χ2v) is 9.09. The lowest BCUT2D eigenvalue weighted by Crippen LogP contribution is -2.41. The maximum Gasteiger partial charge on any atom is 0.227 e. The van der Waals surface area contributed by atoms with E-state index in [1.165, 1.54) is 0 Å². The SMILES string of the molecule is O=C(Cc1ccc(Cl)c(Cl)c1)N(Cc1ccc[nH]1)C(CN1CCC(O)C1)c1ccccc1. The summed E-state index contributed by atoms with van der Waals surface area (Å²) in [7, 11) is 0. The van der Waals surface area contributed by atoms with Gasteiger partial charge in [0, 0.05) is 31.5 Å². The van der Waals surface area contributed by atoms with Gasteiger partial charge in [0.15, 0.2) is 0 Å². The van der Waals surface area contributed by atoms with E-state index >= 15 is 0 Å². The number of nitrogens with one attached hydrogen (secondary N) is 1. The zero-order valence-electron chi connectivity index (χ0n) is 17.8. The zero-order valence-corrected chi connectivity index (χ0v) is 19.3. The summed E-state index contributed by atoms with van der Waals surface area (Å²) in [4.78, 5) is 21.0. The fourth-order valence-corrected chi connectivity index (χ4v) is 4.55. The molecular weight excluding hydrogens is 445 g/mol. The third-order valence-electron chi connectivity index (χ3n) is 5.90. The van der Waals surface area contributed by atoms with Crippen molar-refractivity contribution in [2.45, 2.75) is 31.5 Å². The lowest BCUT2D eigenvalue weighted by atomic mass is 10.0. The average molecular weight is 472 g/mol. The highest BCUT2D eigenvalue weighted by Crippen LogP contribution is 2.28. The van der Waals surface area contributed by atoms with E-state index in [0.29, 0.717) is 29.7 Å². The molecule has 32 heavy (non-hydrogen) atoms. The Morgan fingerprint density at radius 1 is 1.12 bits per heavy atom. The molecule has 5 nitrogen and oxygen atoms in total. The van der Waals surface area contributed by atoms with Gasteiger partial charge in [-0.3, -0.25) is 9.69 Å². The number of halogens is 2. The number of benzene rings is 2. The third kappa shape index (κ3) is 5.73. The van der Waals surface area contributed by atoms with Crippen LogP contribution in [0.5, 0.6) is 0 Å². The number of hydrogen-bond donors (Lipinski definition) is 2. The summed E-state index contributed by atoms with van der Waals surface area (Å²) < 4.78 is 0. The number of hydrogen-bond acceptors (Lipinski definition) is 3. The molecule has 1 fully saturated rings. The summed E-state index contributed by atoms with van der Waals surface area (Å²) in [5.41, 5.74) is 2.86. The molecule has 1 aromatic heterocycles. The van der Waals surface area contributed by atoms with Crippen molar-refractivity contribution in [2.24, 2.45) is 0 Å². The molecule has 0 radical (unpaired) electrons. The van der Waals surface area contributed by atoms with Gasteiger partial charge in [0.2, 0.25) is 5.91 Å². The number of carbonyl (C=O) groups excluding carboxylic acids is 1. The van der Waals surface area contributed by atoms with Crippen molar-refractivity contribution in [1.82, 2.24) is 14.8 Å².